The third-order valence-corrected chi connectivity index (χ3v) is 2.50. The number of rotatable bonds is 2. The van der Waals surface area contributed by atoms with Crippen molar-refractivity contribution >= 4 is 16.8 Å². The second kappa shape index (κ2) is 4.49. The van der Waals surface area contributed by atoms with Crippen molar-refractivity contribution in [2.24, 2.45) is 0 Å². The van der Waals surface area contributed by atoms with Crippen molar-refractivity contribution in [3.05, 3.63) is 47.9 Å². The average Bonchev–Trinajstić information content (AvgIpc) is 2.77. The normalized spacial score (nSPS) is 11.6. The first kappa shape index (κ1) is 12.7. The number of benzene rings is 1. The standard InChI is InChI=1S/C12H6ClF3O2/c13-11(17)10-5-8(6-18-10)7-2-1-3-9(4-7)12(14,15)16/h1-6H. The summed E-state index contributed by atoms with van der Waals surface area (Å²) in [5.41, 5.74) is -0.0946. The van der Waals surface area contributed by atoms with Crippen LogP contribution in [0.3, 0.4) is 0 Å². The minimum Gasteiger partial charge on any atom is -0.459 e. The Labute approximate surface area is 105 Å². The van der Waals surface area contributed by atoms with Gasteiger partial charge < -0.3 is 4.42 Å². The van der Waals surface area contributed by atoms with Gasteiger partial charge in [-0.15, -0.1) is 0 Å². The zero-order valence-corrected chi connectivity index (χ0v) is 9.55. The minimum absolute atomic E-state index is 0.107. The zero-order chi connectivity index (χ0) is 13.3. The van der Waals surface area contributed by atoms with Crippen molar-refractivity contribution in [2.75, 3.05) is 0 Å². The Kier molecular flexibility index (Phi) is 3.17. The van der Waals surface area contributed by atoms with Gasteiger partial charge in [0.15, 0.2) is 5.76 Å². The molecule has 0 aliphatic rings. The molecule has 1 heterocycles. The highest BCUT2D eigenvalue weighted by molar-refractivity contribution is 6.67. The van der Waals surface area contributed by atoms with Gasteiger partial charge in [0.05, 0.1) is 11.8 Å². The van der Waals surface area contributed by atoms with Gasteiger partial charge in [0.25, 0.3) is 5.24 Å². The molecular formula is C12H6ClF3O2. The van der Waals surface area contributed by atoms with Crippen molar-refractivity contribution in [1.29, 1.82) is 0 Å². The molecular weight excluding hydrogens is 269 g/mol. The fourth-order valence-electron chi connectivity index (χ4n) is 1.47. The van der Waals surface area contributed by atoms with Crippen LogP contribution < -0.4 is 0 Å². The molecule has 0 saturated heterocycles. The summed E-state index contributed by atoms with van der Waals surface area (Å²) in [5, 5.41) is -0.798. The highest BCUT2D eigenvalue weighted by Gasteiger charge is 2.30. The van der Waals surface area contributed by atoms with Gasteiger partial charge in [-0.05, 0) is 35.4 Å². The van der Waals surface area contributed by atoms with Gasteiger partial charge in [-0.2, -0.15) is 13.2 Å². The van der Waals surface area contributed by atoms with E-state index >= 15 is 0 Å². The number of alkyl halides is 3. The first-order valence-electron chi connectivity index (χ1n) is 4.84. The molecule has 2 rings (SSSR count). The van der Waals surface area contributed by atoms with Crippen LogP contribution in [0.15, 0.2) is 41.0 Å². The third kappa shape index (κ3) is 2.56. The molecule has 0 aliphatic carbocycles. The van der Waals surface area contributed by atoms with E-state index in [0.717, 1.165) is 12.1 Å². The summed E-state index contributed by atoms with van der Waals surface area (Å²) < 4.78 is 42.4. The molecule has 0 aliphatic heterocycles. The van der Waals surface area contributed by atoms with E-state index in [1.807, 2.05) is 0 Å². The lowest BCUT2D eigenvalue weighted by Gasteiger charge is -2.07. The predicted octanol–water partition coefficient (Wildman–Crippen LogP) is 4.34. The van der Waals surface area contributed by atoms with E-state index in [9.17, 15) is 18.0 Å². The van der Waals surface area contributed by atoms with E-state index in [-0.39, 0.29) is 5.76 Å². The van der Waals surface area contributed by atoms with Gasteiger partial charge in [0.2, 0.25) is 0 Å². The maximum Gasteiger partial charge on any atom is 0.416 e. The smallest absolute Gasteiger partial charge is 0.416 e. The quantitative estimate of drug-likeness (QED) is 0.762. The van der Waals surface area contributed by atoms with Crippen LogP contribution >= 0.6 is 11.6 Å². The molecule has 1 aromatic heterocycles. The van der Waals surface area contributed by atoms with Crippen molar-refractivity contribution in [3.8, 4) is 11.1 Å². The number of halogens is 4. The fourth-order valence-corrected chi connectivity index (χ4v) is 1.56. The van der Waals surface area contributed by atoms with E-state index in [1.54, 1.807) is 0 Å². The van der Waals surface area contributed by atoms with Crippen LogP contribution in [-0.4, -0.2) is 5.24 Å². The number of hydrogen-bond acceptors (Lipinski definition) is 2. The number of carbonyl (C=O) groups excluding carboxylic acids is 1. The minimum atomic E-state index is -4.41. The number of carbonyl (C=O) groups is 1. The van der Waals surface area contributed by atoms with Gasteiger partial charge in [-0.3, -0.25) is 4.79 Å². The van der Waals surface area contributed by atoms with Crippen LogP contribution in [0.1, 0.15) is 16.1 Å². The molecule has 0 N–H and O–H groups in total. The summed E-state index contributed by atoms with van der Waals surface area (Å²) >= 11 is 5.20. The molecule has 0 spiro atoms. The molecule has 18 heavy (non-hydrogen) atoms. The monoisotopic (exact) mass is 274 g/mol. The summed E-state index contributed by atoms with van der Waals surface area (Å²) in [6, 6.07) is 6.02. The lowest BCUT2D eigenvalue weighted by atomic mass is 10.1. The summed E-state index contributed by atoms with van der Waals surface area (Å²) in [7, 11) is 0. The zero-order valence-electron chi connectivity index (χ0n) is 8.79. The number of hydrogen-bond donors (Lipinski definition) is 0. The van der Waals surface area contributed by atoms with Crippen molar-refractivity contribution in [1.82, 2.24) is 0 Å². The summed E-state index contributed by atoms with van der Waals surface area (Å²) in [6.45, 7) is 0. The summed E-state index contributed by atoms with van der Waals surface area (Å²) in [5.74, 6) is -0.107. The Bertz CT molecular complexity index is 587. The lowest BCUT2D eigenvalue weighted by molar-refractivity contribution is -0.137. The van der Waals surface area contributed by atoms with E-state index in [4.69, 9.17) is 16.0 Å². The molecule has 0 amide bonds. The van der Waals surface area contributed by atoms with Gasteiger partial charge in [-0.25, -0.2) is 0 Å². The molecule has 0 bridgehead atoms. The van der Waals surface area contributed by atoms with Crippen molar-refractivity contribution < 1.29 is 22.4 Å². The Morgan fingerprint density at radius 2 is 1.89 bits per heavy atom. The molecule has 2 aromatic rings. The maximum atomic E-state index is 12.5. The van der Waals surface area contributed by atoms with Crippen LogP contribution in [0.4, 0.5) is 13.2 Å². The van der Waals surface area contributed by atoms with Crippen molar-refractivity contribution in [2.45, 2.75) is 6.18 Å². The molecule has 2 nitrogen and oxygen atoms in total. The Morgan fingerprint density at radius 3 is 2.44 bits per heavy atom. The Balaban J connectivity index is 2.41. The Morgan fingerprint density at radius 1 is 1.17 bits per heavy atom. The van der Waals surface area contributed by atoms with Gasteiger partial charge in [0.1, 0.15) is 0 Å². The number of furan rings is 1. The molecule has 0 unspecified atom stereocenters. The third-order valence-electron chi connectivity index (χ3n) is 2.32. The van der Waals surface area contributed by atoms with Crippen LogP contribution in [-0.2, 0) is 6.18 Å². The van der Waals surface area contributed by atoms with Crippen LogP contribution in [0.25, 0.3) is 11.1 Å². The maximum absolute atomic E-state index is 12.5. The molecule has 1 aromatic carbocycles. The topological polar surface area (TPSA) is 30.2 Å². The molecule has 0 radical (unpaired) electrons. The van der Waals surface area contributed by atoms with Crippen LogP contribution in [0.2, 0.25) is 0 Å². The molecule has 0 fully saturated rings. The van der Waals surface area contributed by atoms with Crippen LogP contribution in [0, 0.1) is 0 Å². The Hall–Kier alpha value is -1.75. The van der Waals surface area contributed by atoms with E-state index in [0.29, 0.717) is 11.1 Å². The van der Waals surface area contributed by atoms with E-state index in [1.165, 1.54) is 24.5 Å². The second-order valence-electron chi connectivity index (χ2n) is 3.55. The summed E-state index contributed by atoms with van der Waals surface area (Å²) in [6.07, 6.45) is -3.23. The van der Waals surface area contributed by atoms with E-state index < -0.39 is 17.0 Å². The second-order valence-corrected chi connectivity index (χ2v) is 3.90. The highest BCUT2D eigenvalue weighted by atomic mass is 35.5. The first-order chi connectivity index (χ1) is 8.38. The van der Waals surface area contributed by atoms with Crippen molar-refractivity contribution in [3.63, 3.8) is 0 Å². The van der Waals surface area contributed by atoms with E-state index in [2.05, 4.69) is 0 Å². The van der Waals surface area contributed by atoms with Gasteiger partial charge >= 0.3 is 6.18 Å². The first-order valence-corrected chi connectivity index (χ1v) is 5.22. The average molecular weight is 275 g/mol. The highest BCUT2D eigenvalue weighted by Crippen LogP contribution is 2.32. The largest absolute Gasteiger partial charge is 0.459 e. The van der Waals surface area contributed by atoms with Gasteiger partial charge in [-0.1, -0.05) is 12.1 Å². The van der Waals surface area contributed by atoms with Crippen LogP contribution in [0.5, 0.6) is 0 Å². The lowest BCUT2D eigenvalue weighted by Crippen LogP contribution is -2.04. The predicted molar refractivity (Wildman–Crippen MR) is 59.3 cm³/mol. The summed E-state index contributed by atoms with van der Waals surface area (Å²) in [4.78, 5) is 10.8. The SMILES string of the molecule is O=C(Cl)c1cc(-c2cccc(C(F)(F)F)c2)co1. The molecule has 6 heteroatoms. The molecule has 0 saturated carbocycles. The van der Waals surface area contributed by atoms with Gasteiger partial charge in [0, 0.05) is 5.56 Å². The fraction of sp³-hybridized carbons (Fsp3) is 0.0833. The molecule has 0 atom stereocenters. The molecule has 94 valence electrons.